The minimum Gasteiger partial charge on any atom is -0.367 e. The van der Waals surface area contributed by atoms with Gasteiger partial charge in [-0.3, -0.25) is 0 Å². The van der Waals surface area contributed by atoms with E-state index in [4.69, 9.17) is 9.72 Å². The lowest BCUT2D eigenvalue weighted by atomic mass is 10.0. The van der Waals surface area contributed by atoms with Crippen molar-refractivity contribution in [3.63, 3.8) is 0 Å². The molecule has 20 heavy (non-hydrogen) atoms. The molecule has 0 amide bonds. The van der Waals surface area contributed by atoms with Crippen LogP contribution in [0, 0.1) is 5.92 Å². The second kappa shape index (κ2) is 3.95. The summed E-state index contributed by atoms with van der Waals surface area (Å²) in [6.07, 6.45) is 4.05. The standard InChI is InChI=1S/C16H21N3O/c1-9-6-17-7-13-5-11-4-12-8-20-15(10-2-3-10)14(12)18-16(11)19(9)13/h4,9-10,13,15,17H,2-3,5-8H2,1H3. The lowest BCUT2D eigenvalue weighted by Gasteiger charge is -2.37. The Kier molecular flexibility index (Phi) is 2.28. The highest BCUT2D eigenvalue weighted by Crippen LogP contribution is 2.48. The van der Waals surface area contributed by atoms with Crippen LogP contribution >= 0.6 is 0 Å². The molecule has 4 heterocycles. The van der Waals surface area contributed by atoms with Gasteiger partial charge in [-0.2, -0.15) is 0 Å². The smallest absolute Gasteiger partial charge is 0.132 e. The molecule has 3 aliphatic heterocycles. The van der Waals surface area contributed by atoms with Crippen molar-refractivity contribution in [2.75, 3.05) is 18.0 Å². The van der Waals surface area contributed by atoms with E-state index in [0.717, 1.165) is 32.0 Å². The van der Waals surface area contributed by atoms with E-state index < -0.39 is 0 Å². The summed E-state index contributed by atoms with van der Waals surface area (Å²) in [5.74, 6) is 1.98. The van der Waals surface area contributed by atoms with Crippen LogP contribution < -0.4 is 10.2 Å². The van der Waals surface area contributed by atoms with Gasteiger partial charge in [0.05, 0.1) is 12.3 Å². The molecule has 2 fully saturated rings. The zero-order chi connectivity index (χ0) is 13.3. The van der Waals surface area contributed by atoms with E-state index in [1.54, 1.807) is 0 Å². The highest BCUT2D eigenvalue weighted by Gasteiger charge is 2.42. The van der Waals surface area contributed by atoms with Crippen LogP contribution in [0.25, 0.3) is 0 Å². The van der Waals surface area contributed by atoms with E-state index >= 15 is 0 Å². The van der Waals surface area contributed by atoms with Gasteiger partial charge in [-0.25, -0.2) is 4.98 Å². The minimum atomic E-state index is 0.285. The predicted octanol–water partition coefficient (Wildman–Crippen LogP) is 1.79. The van der Waals surface area contributed by atoms with Crippen molar-refractivity contribution < 1.29 is 4.74 Å². The number of ether oxygens (including phenoxy) is 1. The zero-order valence-corrected chi connectivity index (χ0v) is 11.9. The molecule has 1 saturated heterocycles. The fourth-order valence-electron chi connectivity index (χ4n) is 4.18. The van der Waals surface area contributed by atoms with Crippen LogP contribution in [0.3, 0.4) is 0 Å². The maximum Gasteiger partial charge on any atom is 0.132 e. The first-order valence-corrected chi connectivity index (χ1v) is 7.94. The highest BCUT2D eigenvalue weighted by atomic mass is 16.5. The fraction of sp³-hybridized carbons (Fsp3) is 0.688. The van der Waals surface area contributed by atoms with E-state index in [-0.39, 0.29) is 6.10 Å². The minimum absolute atomic E-state index is 0.285. The summed E-state index contributed by atoms with van der Waals surface area (Å²) in [7, 11) is 0. The number of rotatable bonds is 1. The maximum absolute atomic E-state index is 6.00. The molecule has 0 radical (unpaired) electrons. The summed E-state index contributed by atoms with van der Waals surface area (Å²) >= 11 is 0. The number of aromatic nitrogens is 1. The number of hydrogen-bond acceptors (Lipinski definition) is 4. The molecule has 0 spiro atoms. The van der Waals surface area contributed by atoms with Gasteiger partial charge < -0.3 is 15.0 Å². The molecule has 0 bridgehead atoms. The number of pyridine rings is 1. The molecule has 3 atom stereocenters. The molecule has 106 valence electrons. The third-order valence-corrected chi connectivity index (χ3v) is 5.32. The molecule has 1 aliphatic carbocycles. The van der Waals surface area contributed by atoms with E-state index in [2.05, 4.69) is 23.2 Å². The lowest BCUT2D eigenvalue weighted by molar-refractivity contribution is 0.0488. The van der Waals surface area contributed by atoms with Gasteiger partial charge in [0.2, 0.25) is 0 Å². The average Bonchev–Trinajstić information content (AvgIpc) is 3.09. The third-order valence-electron chi connectivity index (χ3n) is 5.32. The monoisotopic (exact) mass is 271 g/mol. The van der Waals surface area contributed by atoms with Crippen molar-refractivity contribution >= 4 is 5.82 Å². The van der Waals surface area contributed by atoms with Crippen molar-refractivity contribution in [3.8, 4) is 0 Å². The third kappa shape index (κ3) is 1.52. The molecule has 1 aromatic rings. The van der Waals surface area contributed by atoms with E-state index in [0.29, 0.717) is 12.1 Å². The number of nitrogens with zero attached hydrogens (tertiary/aromatic N) is 2. The normalized spacial score (nSPS) is 34.9. The van der Waals surface area contributed by atoms with Gasteiger partial charge >= 0.3 is 0 Å². The number of fused-ring (bicyclic) bond motifs is 4. The second-order valence-electron chi connectivity index (χ2n) is 6.86. The number of nitrogens with one attached hydrogen (secondary N) is 1. The Labute approximate surface area is 119 Å². The highest BCUT2D eigenvalue weighted by molar-refractivity contribution is 5.58. The summed E-state index contributed by atoms with van der Waals surface area (Å²) in [6.45, 7) is 5.23. The summed E-state index contributed by atoms with van der Waals surface area (Å²) in [5, 5.41) is 3.54. The van der Waals surface area contributed by atoms with Crippen molar-refractivity contribution in [2.45, 2.75) is 51.0 Å². The molecule has 1 aromatic heterocycles. The van der Waals surface area contributed by atoms with Crippen molar-refractivity contribution in [1.29, 1.82) is 0 Å². The predicted molar refractivity (Wildman–Crippen MR) is 76.8 cm³/mol. The Morgan fingerprint density at radius 2 is 2.20 bits per heavy atom. The second-order valence-corrected chi connectivity index (χ2v) is 6.86. The van der Waals surface area contributed by atoms with Gasteiger partial charge in [0, 0.05) is 30.7 Å². The van der Waals surface area contributed by atoms with Gasteiger partial charge in [-0.15, -0.1) is 0 Å². The largest absolute Gasteiger partial charge is 0.367 e. The number of piperazine rings is 1. The quantitative estimate of drug-likeness (QED) is 0.845. The van der Waals surface area contributed by atoms with Crippen LogP contribution in [0.4, 0.5) is 5.82 Å². The summed E-state index contributed by atoms with van der Waals surface area (Å²) in [6, 6.07) is 3.52. The lowest BCUT2D eigenvalue weighted by Crippen LogP contribution is -2.55. The maximum atomic E-state index is 6.00. The van der Waals surface area contributed by atoms with E-state index in [1.165, 1.54) is 35.5 Å². The molecule has 3 unspecified atom stereocenters. The van der Waals surface area contributed by atoms with Gasteiger partial charge in [-0.1, -0.05) is 0 Å². The van der Waals surface area contributed by atoms with Crippen LogP contribution in [-0.2, 0) is 17.8 Å². The Bertz CT molecular complexity index is 569. The van der Waals surface area contributed by atoms with E-state index in [1.807, 2.05) is 0 Å². The Morgan fingerprint density at radius 3 is 3.05 bits per heavy atom. The van der Waals surface area contributed by atoms with Gasteiger partial charge in [0.15, 0.2) is 0 Å². The van der Waals surface area contributed by atoms with Crippen molar-refractivity contribution in [1.82, 2.24) is 10.3 Å². The molecule has 4 heteroatoms. The molecular formula is C16H21N3O. The summed E-state index contributed by atoms with van der Waals surface area (Å²) in [4.78, 5) is 7.63. The molecule has 0 aromatic carbocycles. The number of hydrogen-bond donors (Lipinski definition) is 1. The fourth-order valence-corrected chi connectivity index (χ4v) is 4.18. The molecule has 5 rings (SSSR count). The van der Waals surface area contributed by atoms with Crippen LogP contribution in [0.15, 0.2) is 6.07 Å². The molecule has 4 nitrogen and oxygen atoms in total. The number of anilines is 1. The zero-order valence-electron chi connectivity index (χ0n) is 11.9. The van der Waals surface area contributed by atoms with Crippen LogP contribution in [0.2, 0.25) is 0 Å². The van der Waals surface area contributed by atoms with Crippen LogP contribution in [-0.4, -0.2) is 30.2 Å². The van der Waals surface area contributed by atoms with Gasteiger partial charge in [0.25, 0.3) is 0 Å². The molecular weight excluding hydrogens is 250 g/mol. The van der Waals surface area contributed by atoms with Gasteiger partial charge in [-0.05, 0) is 43.7 Å². The molecule has 1 N–H and O–H groups in total. The first-order valence-electron chi connectivity index (χ1n) is 7.94. The van der Waals surface area contributed by atoms with Crippen LogP contribution in [0.5, 0.6) is 0 Å². The summed E-state index contributed by atoms with van der Waals surface area (Å²) in [5.41, 5.74) is 4.03. The van der Waals surface area contributed by atoms with Gasteiger partial charge in [0.1, 0.15) is 11.9 Å². The van der Waals surface area contributed by atoms with Crippen LogP contribution in [0.1, 0.15) is 42.7 Å². The van der Waals surface area contributed by atoms with E-state index in [9.17, 15) is 0 Å². The van der Waals surface area contributed by atoms with Crippen molar-refractivity contribution in [3.05, 3.63) is 22.9 Å². The first-order chi connectivity index (χ1) is 9.81. The molecule has 4 aliphatic rings. The SMILES string of the molecule is CC1CNCC2Cc3cc4c(nc3N12)C(C1CC1)OC4. The molecule has 1 saturated carbocycles. The average molecular weight is 271 g/mol. The Morgan fingerprint density at radius 1 is 1.30 bits per heavy atom. The Hall–Kier alpha value is -1.13. The van der Waals surface area contributed by atoms with Crippen molar-refractivity contribution in [2.24, 2.45) is 5.92 Å². The summed E-state index contributed by atoms with van der Waals surface area (Å²) < 4.78 is 6.00. The Balaban J connectivity index is 1.58. The topological polar surface area (TPSA) is 37.4 Å². The first kappa shape index (κ1) is 11.5.